The van der Waals surface area contributed by atoms with E-state index in [9.17, 15) is 4.79 Å². The molecule has 0 aliphatic heterocycles. The van der Waals surface area contributed by atoms with Crippen molar-refractivity contribution in [3.63, 3.8) is 0 Å². The molecule has 2 nitrogen and oxygen atoms in total. The standard InChI is InChI=1S/C11H18O2/c12-7-9-1-4-11(5-2-9)6-3-10(11)8-13/h8-10,12H,1-7H2. The molecule has 1 spiro atoms. The van der Waals surface area contributed by atoms with Gasteiger partial charge in [-0.25, -0.2) is 0 Å². The van der Waals surface area contributed by atoms with Crippen LogP contribution < -0.4 is 0 Å². The molecule has 2 rings (SSSR count). The Balaban J connectivity index is 1.93. The van der Waals surface area contributed by atoms with Crippen LogP contribution in [-0.4, -0.2) is 18.0 Å². The Morgan fingerprint density at radius 1 is 1.23 bits per heavy atom. The summed E-state index contributed by atoms with van der Waals surface area (Å²) in [5, 5.41) is 9.01. The maximum absolute atomic E-state index is 10.8. The number of hydrogen-bond acceptors (Lipinski definition) is 2. The average Bonchev–Trinajstić information content (AvgIpc) is 2.17. The van der Waals surface area contributed by atoms with Crippen molar-refractivity contribution in [1.29, 1.82) is 0 Å². The normalized spacial score (nSPS) is 44.4. The van der Waals surface area contributed by atoms with Crippen molar-refractivity contribution >= 4 is 6.29 Å². The second-order valence-corrected chi connectivity index (χ2v) is 4.77. The molecule has 0 aromatic heterocycles. The lowest BCUT2D eigenvalue weighted by atomic mass is 9.53. The van der Waals surface area contributed by atoms with E-state index in [0.717, 1.165) is 25.5 Å². The van der Waals surface area contributed by atoms with Gasteiger partial charge in [-0.3, -0.25) is 0 Å². The van der Waals surface area contributed by atoms with Gasteiger partial charge in [0.1, 0.15) is 6.29 Å². The van der Waals surface area contributed by atoms with E-state index in [1.807, 2.05) is 0 Å². The molecule has 0 bridgehead atoms. The van der Waals surface area contributed by atoms with Crippen LogP contribution in [-0.2, 0) is 4.79 Å². The highest BCUT2D eigenvalue weighted by atomic mass is 16.3. The summed E-state index contributed by atoms with van der Waals surface area (Å²) < 4.78 is 0. The molecule has 2 aliphatic carbocycles. The van der Waals surface area contributed by atoms with Crippen LogP contribution in [0.2, 0.25) is 0 Å². The van der Waals surface area contributed by atoms with Crippen LogP contribution in [0, 0.1) is 17.3 Å². The Morgan fingerprint density at radius 3 is 2.23 bits per heavy atom. The fourth-order valence-electron chi connectivity index (χ4n) is 2.99. The zero-order valence-corrected chi connectivity index (χ0v) is 8.04. The Labute approximate surface area is 79.3 Å². The summed E-state index contributed by atoms with van der Waals surface area (Å²) in [5.41, 5.74) is 0.368. The highest BCUT2D eigenvalue weighted by molar-refractivity contribution is 5.57. The second kappa shape index (κ2) is 3.41. The predicted molar refractivity (Wildman–Crippen MR) is 50.3 cm³/mol. The quantitative estimate of drug-likeness (QED) is 0.661. The summed E-state index contributed by atoms with van der Waals surface area (Å²) >= 11 is 0. The smallest absolute Gasteiger partial charge is 0.123 e. The van der Waals surface area contributed by atoms with E-state index < -0.39 is 0 Å². The monoisotopic (exact) mass is 182 g/mol. The lowest BCUT2D eigenvalue weighted by Gasteiger charge is -2.51. The summed E-state index contributed by atoms with van der Waals surface area (Å²) in [6, 6.07) is 0. The van der Waals surface area contributed by atoms with Crippen molar-refractivity contribution in [1.82, 2.24) is 0 Å². The molecule has 1 N–H and O–H groups in total. The van der Waals surface area contributed by atoms with Crippen molar-refractivity contribution in [2.45, 2.75) is 38.5 Å². The van der Waals surface area contributed by atoms with E-state index in [0.29, 0.717) is 23.9 Å². The Bertz CT molecular complexity index is 192. The summed E-state index contributed by atoms with van der Waals surface area (Å²) in [7, 11) is 0. The van der Waals surface area contributed by atoms with Crippen molar-refractivity contribution in [3.8, 4) is 0 Å². The first-order valence-electron chi connectivity index (χ1n) is 5.37. The third-order valence-corrected chi connectivity index (χ3v) is 4.26. The number of rotatable bonds is 2. The van der Waals surface area contributed by atoms with Gasteiger partial charge in [0.05, 0.1) is 0 Å². The number of hydrogen-bond donors (Lipinski definition) is 1. The average molecular weight is 182 g/mol. The lowest BCUT2D eigenvalue weighted by molar-refractivity contribution is -0.124. The molecule has 1 atom stereocenters. The summed E-state index contributed by atoms with van der Waals surface area (Å²) in [6.45, 7) is 0.335. The highest BCUT2D eigenvalue weighted by Crippen LogP contribution is 2.55. The van der Waals surface area contributed by atoms with Crippen LogP contribution in [0.3, 0.4) is 0 Å². The van der Waals surface area contributed by atoms with Gasteiger partial charge in [-0.05, 0) is 49.9 Å². The van der Waals surface area contributed by atoms with Gasteiger partial charge in [-0.15, -0.1) is 0 Å². The van der Waals surface area contributed by atoms with E-state index in [1.165, 1.54) is 19.3 Å². The molecule has 2 aliphatic rings. The number of carbonyl (C=O) groups is 1. The van der Waals surface area contributed by atoms with E-state index in [4.69, 9.17) is 5.11 Å². The van der Waals surface area contributed by atoms with Crippen LogP contribution >= 0.6 is 0 Å². The largest absolute Gasteiger partial charge is 0.396 e. The third kappa shape index (κ3) is 1.41. The molecule has 74 valence electrons. The number of carbonyl (C=O) groups excluding carboxylic acids is 1. The molecule has 2 heteroatoms. The molecule has 0 aromatic rings. The highest BCUT2D eigenvalue weighted by Gasteiger charge is 2.47. The van der Waals surface area contributed by atoms with Gasteiger partial charge in [0.15, 0.2) is 0 Å². The molecule has 0 saturated heterocycles. The SMILES string of the molecule is O=CC1CCC12CCC(CO)CC2. The van der Waals surface area contributed by atoms with Gasteiger partial charge in [-0.2, -0.15) is 0 Å². The second-order valence-electron chi connectivity index (χ2n) is 4.77. The fourth-order valence-corrected chi connectivity index (χ4v) is 2.99. The van der Waals surface area contributed by atoms with E-state index in [2.05, 4.69) is 0 Å². The number of aliphatic hydroxyl groups excluding tert-OH is 1. The first-order chi connectivity index (χ1) is 6.30. The molecule has 0 radical (unpaired) electrons. The van der Waals surface area contributed by atoms with E-state index in [-0.39, 0.29) is 0 Å². The van der Waals surface area contributed by atoms with Gasteiger partial charge in [0, 0.05) is 12.5 Å². The fraction of sp³-hybridized carbons (Fsp3) is 0.909. The predicted octanol–water partition coefficient (Wildman–Crippen LogP) is 1.76. The Kier molecular flexibility index (Phi) is 2.41. The summed E-state index contributed by atoms with van der Waals surface area (Å²) in [6.07, 6.45) is 8.09. The lowest BCUT2D eigenvalue weighted by Crippen LogP contribution is -2.44. The van der Waals surface area contributed by atoms with Crippen molar-refractivity contribution in [3.05, 3.63) is 0 Å². The van der Waals surface area contributed by atoms with Crippen LogP contribution in [0.15, 0.2) is 0 Å². The molecule has 13 heavy (non-hydrogen) atoms. The molecule has 1 unspecified atom stereocenters. The number of aliphatic hydroxyl groups is 1. The zero-order valence-electron chi connectivity index (χ0n) is 8.04. The maximum Gasteiger partial charge on any atom is 0.123 e. The first kappa shape index (κ1) is 9.20. The van der Waals surface area contributed by atoms with Gasteiger partial charge in [0.25, 0.3) is 0 Å². The molecular formula is C11H18O2. The van der Waals surface area contributed by atoms with Crippen molar-refractivity contribution < 1.29 is 9.90 Å². The molecule has 2 saturated carbocycles. The van der Waals surface area contributed by atoms with Crippen molar-refractivity contribution in [2.75, 3.05) is 6.61 Å². The van der Waals surface area contributed by atoms with Gasteiger partial charge < -0.3 is 9.90 Å². The van der Waals surface area contributed by atoms with Gasteiger partial charge >= 0.3 is 0 Å². The minimum absolute atomic E-state index is 0.335. The summed E-state index contributed by atoms with van der Waals surface area (Å²) in [5.74, 6) is 0.852. The van der Waals surface area contributed by atoms with Gasteiger partial charge in [-0.1, -0.05) is 0 Å². The zero-order chi connectivity index (χ0) is 9.31. The van der Waals surface area contributed by atoms with Gasteiger partial charge in [0.2, 0.25) is 0 Å². The van der Waals surface area contributed by atoms with E-state index in [1.54, 1.807) is 0 Å². The van der Waals surface area contributed by atoms with E-state index >= 15 is 0 Å². The molecular weight excluding hydrogens is 164 g/mol. The Hall–Kier alpha value is -0.370. The van der Waals surface area contributed by atoms with Crippen LogP contribution in [0.25, 0.3) is 0 Å². The molecule has 0 amide bonds. The van der Waals surface area contributed by atoms with Crippen LogP contribution in [0.1, 0.15) is 38.5 Å². The molecule has 0 aromatic carbocycles. The summed E-state index contributed by atoms with van der Waals surface area (Å²) in [4.78, 5) is 10.8. The first-order valence-corrected chi connectivity index (χ1v) is 5.37. The van der Waals surface area contributed by atoms with Crippen LogP contribution in [0.4, 0.5) is 0 Å². The number of aldehydes is 1. The minimum atomic E-state index is 0.335. The minimum Gasteiger partial charge on any atom is -0.396 e. The topological polar surface area (TPSA) is 37.3 Å². The van der Waals surface area contributed by atoms with Crippen LogP contribution in [0.5, 0.6) is 0 Å². The maximum atomic E-state index is 10.8. The van der Waals surface area contributed by atoms with Crippen molar-refractivity contribution in [2.24, 2.45) is 17.3 Å². The Morgan fingerprint density at radius 2 is 1.85 bits per heavy atom. The molecule has 2 fully saturated rings. The molecule has 0 heterocycles. The third-order valence-electron chi connectivity index (χ3n) is 4.26.